The third-order valence-corrected chi connectivity index (χ3v) is 4.35. The van der Waals surface area contributed by atoms with Crippen LogP contribution in [-0.2, 0) is 11.2 Å². The molecule has 1 atom stereocenters. The van der Waals surface area contributed by atoms with E-state index in [1.807, 2.05) is 0 Å². The lowest BCUT2D eigenvalue weighted by atomic mass is 9.84. The number of rotatable bonds is 4. The number of anilines is 1. The number of carbonyl (C=O) groups excluding carboxylic acids is 1. The summed E-state index contributed by atoms with van der Waals surface area (Å²) in [5.41, 5.74) is 2.19. The Labute approximate surface area is 148 Å². The third-order valence-electron chi connectivity index (χ3n) is 4.35. The van der Waals surface area contributed by atoms with Crippen molar-refractivity contribution in [2.24, 2.45) is 0 Å². The zero-order chi connectivity index (χ0) is 18.9. The summed E-state index contributed by atoms with van der Waals surface area (Å²) in [5.74, 6) is 0.416. The van der Waals surface area contributed by atoms with Gasteiger partial charge in [-0.3, -0.25) is 4.79 Å². The molecule has 7 heteroatoms. The van der Waals surface area contributed by atoms with E-state index in [0.717, 1.165) is 5.56 Å². The van der Waals surface area contributed by atoms with Crippen LogP contribution < -0.4 is 14.8 Å². The van der Waals surface area contributed by atoms with E-state index in [1.54, 1.807) is 24.3 Å². The summed E-state index contributed by atoms with van der Waals surface area (Å²) in [6.45, 7) is 0. The molecule has 0 radical (unpaired) electrons. The Morgan fingerprint density at radius 2 is 1.81 bits per heavy atom. The summed E-state index contributed by atoms with van der Waals surface area (Å²) in [6.07, 6.45) is -5.13. The Morgan fingerprint density at radius 1 is 1.12 bits per heavy atom. The molecule has 2 aromatic carbocycles. The second kappa shape index (κ2) is 6.90. The molecule has 0 spiro atoms. The molecule has 138 valence electrons. The predicted molar refractivity (Wildman–Crippen MR) is 90.8 cm³/mol. The molecule has 0 saturated carbocycles. The molecular weight excluding hydrogens is 347 g/mol. The second-order valence-electron chi connectivity index (χ2n) is 6.14. The number of fused-ring (bicyclic) bond motifs is 1. The summed E-state index contributed by atoms with van der Waals surface area (Å²) in [4.78, 5) is 12.1. The van der Waals surface area contributed by atoms with Gasteiger partial charge in [0.2, 0.25) is 5.91 Å². The van der Waals surface area contributed by atoms with Gasteiger partial charge in [0.25, 0.3) is 0 Å². The quantitative estimate of drug-likeness (QED) is 0.880. The number of hydrogen-bond acceptors (Lipinski definition) is 3. The molecule has 0 aromatic heterocycles. The second-order valence-corrected chi connectivity index (χ2v) is 6.14. The van der Waals surface area contributed by atoms with Crippen LogP contribution in [0.3, 0.4) is 0 Å². The number of benzene rings is 2. The Bertz CT molecular complexity index is 833. The monoisotopic (exact) mass is 365 g/mol. The van der Waals surface area contributed by atoms with Gasteiger partial charge in [0.15, 0.2) is 11.5 Å². The highest BCUT2D eigenvalue weighted by atomic mass is 19.4. The number of alkyl halides is 3. The lowest BCUT2D eigenvalue weighted by molar-refractivity contribution is -0.127. The highest BCUT2D eigenvalue weighted by Gasteiger charge is 2.30. The molecule has 1 aliphatic rings. The van der Waals surface area contributed by atoms with Crippen molar-refractivity contribution in [3.63, 3.8) is 0 Å². The number of ether oxygens (including phenoxy) is 2. The molecule has 0 fully saturated rings. The Hall–Kier alpha value is -2.70. The van der Waals surface area contributed by atoms with E-state index in [-0.39, 0.29) is 23.8 Å². The van der Waals surface area contributed by atoms with E-state index < -0.39 is 12.6 Å². The molecule has 0 bridgehead atoms. The molecule has 4 nitrogen and oxygen atoms in total. The van der Waals surface area contributed by atoms with Gasteiger partial charge in [-0.05, 0) is 22.8 Å². The normalized spacial score (nSPS) is 16.7. The zero-order valence-corrected chi connectivity index (χ0v) is 14.3. The van der Waals surface area contributed by atoms with Gasteiger partial charge in [0, 0.05) is 24.1 Å². The van der Waals surface area contributed by atoms with E-state index in [0.29, 0.717) is 22.7 Å². The van der Waals surface area contributed by atoms with E-state index in [2.05, 4.69) is 5.32 Å². The molecule has 1 heterocycles. The summed E-state index contributed by atoms with van der Waals surface area (Å²) >= 11 is 0. The fraction of sp³-hybridized carbons (Fsp3) is 0.316. The van der Waals surface area contributed by atoms with Crippen molar-refractivity contribution in [3.8, 4) is 11.5 Å². The summed E-state index contributed by atoms with van der Waals surface area (Å²) < 4.78 is 48.7. The first-order chi connectivity index (χ1) is 12.3. The lowest BCUT2D eigenvalue weighted by Gasteiger charge is -2.27. The number of methoxy groups -OCH3 is 2. The third kappa shape index (κ3) is 3.76. The highest BCUT2D eigenvalue weighted by molar-refractivity contribution is 5.96. The molecule has 2 aromatic rings. The topological polar surface area (TPSA) is 47.6 Å². The minimum Gasteiger partial charge on any atom is -0.493 e. The molecule has 3 rings (SSSR count). The Balaban J connectivity index is 2.05. The van der Waals surface area contributed by atoms with Crippen LogP contribution in [0.1, 0.15) is 29.0 Å². The van der Waals surface area contributed by atoms with Crippen LogP contribution in [0.2, 0.25) is 0 Å². The van der Waals surface area contributed by atoms with Crippen LogP contribution in [0.5, 0.6) is 11.5 Å². The molecule has 0 aliphatic carbocycles. The van der Waals surface area contributed by atoms with Crippen LogP contribution in [0, 0.1) is 0 Å². The van der Waals surface area contributed by atoms with Crippen LogP contribution in [0.15, 0.2) is 36.4 Å². The predicted octanol–water partition coefficient (Wildman–Crippen LogP) is 4.28. The fourth-order valence-electron chi connectivity index (χ4n) is 3.24. The number of halogens is 3. The molecule has 1 N–H and O–H groups in total. The van der Waals surface area contributed by atoms with Crippen molar-refractivity contribution in [1.82, 2.24) is 0 Å². The molecule has 1 unspecified atom stereocenters. The van der Waals surface area contributed by atoms with E-state index in [1.165, 1.54) is 26.4 Å². The van der Waals surface area contributed by atoms with Gasteiger partial charge in [-0.25, -0.2) is 0 Å². The smallest absolute Gasteiger partial charge is 0.393 e. The van der Waals surface area contributed by atoms with E-state index in [4.69, 9.17) is 9.47 Å². The number of hydrogen-bond donors (Lipinski definition) is 1. The van der Waals surface area contributed by atoms with Crippen molar-refractivity contribution in [2.75, 3.05) is 19.5 Å². The Morgan fingerprint density at radius 3 is 2.46 bits per heavy atom. The van der Waals surface area contributed by atoms with Gasteiger partial charge in [0.1, 0.15) is 0 Å². The minimum atomic E-state index is -4.28. The maximum absolute atomic E-state index is 12.7. The average molecular weight is 365 g/mol. The van der Waals surface area contributed by atoms with Crippen LogP contribution >= 0.6 is 0 Å². The number of amides is 1. The van der Waals surface area contributed by atoms with Crippen molar-refractivity contribution in [1.29, 1.82) is 0 Å². The molecular formula is C19H18F3NO3. The largest absolute Gasteiger partial charge is 0.493 e. The van der Waals surface area contributed by atoms with Gasteiger partial charge in [0.05, 0.1) is 20.6 Å². The highest BCUT2D eigenvalue weighted by Crippen LogP contribution is 2.43. The van der Waals surface area contributed by atoms with Crippen LogP contribution in [0.4, 0.5) is 18.9 Å². The van der Waals surface area contributed by atoms with E-state index in [9.17, 15) is 18.0 Å². The van der Waals surface area contributed by atoms with Gasteiger partial charge in [-0.1, -0.05) is 24.3 Å². The number of nitrogens with one attached hydrogen (secondary N) is 1. The van der Waals surface area contributed by atoms with Crippen molar-refractivity contribution in [3.05, 3.63) is 53.1 Å². The van der Waals surface area contributed by atoms with Gasteiger partial charge in [-0.15, -0.1) is 0 Å². The number of carbonyl (C=O) groups is 1. The average Bonchev–Trinajstić information content (AvgIpc) is 2.58. The maximum Gasteiger partial charge on any atom is 0.393 e. The van der Waals surface area contributed by atoms with Crippen LogP contribution in [0.25, 0.3) is 0 Å². The van der Waals surface area contributed by atoms with Gasteiger partial charge >= 0.3 is 6.18 Å². The molecule has 1 amide bonds. The molecule has 1 aliphatic heterocycles. The fourth-order valence-corrected chi connectivity index (χ4v) is 3.24. The minimum absolute atomic E-state index is 0.151. The lowest BCUT2D eigenvalue weighted by Crippen LogP contribution is -2.24. The van der Waals surface area contributed by atoms with Crippen molar-refractivity contribution in [2.45, 2.75) is 24.9 Å². The first-order valence-electron chi connectivity index (χ1n) is 8.02. The molecule has 0 saturated heterocycles. The zero-order valence-electron chi connectivity index (χ0n) is 14.3. The van der Waals surface area contributed by atoms with Crippen molar-refractivity contribution >= 4 is 11.6 Å². The van der Waals surface area contributed by atoms with Crippen molar-refractivity contribution < 1.29 is 27.4 Å². The van der Waals surface area contributed by atoms with E-state index >= 15 is 0 Å². The standard InChI is InChI=1S/C19H18F3NO3/c1-25-16-7-14-13(8-18(24)23-15(14)9-17(16)26-2)12-5-3-4-11(6-12)10-19(20,21)22/h3-7,9,13H,8,10H2,1-2H3,(H,23,24). The SMILES string of the molecule is COc1cc2c(cc1OC)C(c1cccc(CC(F)(F)F)c1)CC(=O)N2. The summed E-state index contributed by atoms with van der Waals surface area (Å²) in [6, 6.07) is 9.70. The first-order valence-corrected chi connectivity index (χ1v) is 8.02. The van der Waals surface area contributed by atoms with Gasteiger partial charge in [-0.2, -0.15) is 13.2 Å². The first kappa shape index (κ1) is 18.1. The Kier molecular flexibility index (Phi) is 4.80. The van der Waals surface area contributed by atoms with Gasteiger partial charge < -0.3 is 14.8 Å². The van der Waals surface area contributed by atoms with Crippen LogP contribution in [-0.4, -0.2) is 26.3 Å². The summed E-state index contributed by atoms with van der Waals surface area (Å²) in [7, 11) is 3.00. The maximum atomic E-state index is 12.7. The molecule has 26 heavy (non-hydrogen) atoms. The summed E-state index contributed by atoms with van der Waals surface area (Å²) in [5, 5.41) is 2.78.